The van der Waals surface area contributed by atoms with Gasteiger partial charge in [-0.2, -0.15) is 0 Å². The van der Waals surface area contributed by atoms with Crippen LogP contribution >= 0.6 is 11.8 Å². The van der Waals surface area contributed by atoms with Crippen molar-refractivity contribution in [2.45, 2.75) is 11.6 Å². The lowest BCUT2D eigenvalue weighted by atomic mass is 10.0. The van der Waals surface area contributed by atoms with E-state index in [0.29, 0.717) is 34.7 Å². The molecule has 0 atom stereocenters. The summed E-state index contributed by atoms with van der Waals surface area (Å²) in [6.45, 7) is 0. The van der Waals surface area contributed by atoms with E-state index in [1.807, 2.05) is 54.6 Å². The Morgan fingerprint density at radius 2 is 1.83 bits per heavy atom. The molecule has 0 saturated heterocycles. The van der Waals surface area contributed by atoms with Crippen LogP contribution in [0.4, 0.5) is 5.69 Å². The summed E-state index contributed by atoms with van der Waals surface area (Å²) in [6, 6.07) is 21.3. The first-order chi connectivity index (χ1) is 14.2. The second-order valence-electron chi connectivity index (χ2n) is 6.25. The van der Waals surface area contributed by atoms with Gasteiger partial charge in [-0.25, -0.2) is 0 Å². The predicted octanol–water partition coefficient (Wildman–Crippen LogP) is 5.02. The number of para-hydroxylation sites is 2. The van der Waals surface area contributed by atoms with E-state index in [1.54, 1.807) is 19.2 Å². The van der Waals surface area contributed by atoms with E-state index < -0.39 is 0 Å². The number of fused-ring (bicyclic) bond motifs is 1. The van der Waals surface area contributed by atoms with E-state index in [0.717, 1.165) is 16.3 Å². The van der Waals surface area contributed by atoms with Gasteiger partial charge < -0.3 is 14.5 Å². The van der Waals surface area contributed by atoms with E-state index in [2.05, 4.69) is 15.5 Å². The molecule has 0 aliphatic heterocycles. The molecule has 4 rings (SSSR count). The average molecular weight is 405 g/mol. The van der Waals surface area contributed by atoms with Crippen LogP contribution in [0.5, 0.6) is 5.75 Å². The van der Waals surface area contributed by atoms with Gasteiger partial charge in [0, 0.05) is 17.7 Å². The fourth-order valence-corrected chi connectivity index (χ4v) is 3.68. The number of nitrogens with one attached hydrogen (secondary N) is 1. The van der Waals surface area contributed by atoms with Gasteiger partial charge in [-0.15, -0.1) is 10.2 Å². The molecule has 29 heavy (non-hydrogen) atoms. The molecule has 6 nitrogen and oxygen atoms in total. The van der Waals surface area contributed by atoms with E-state index in [9.17, 15) is 4.79 Å². The lowest BCUT2D eigenvalue weighted by molar-refractivity contribution is -0.115. The van der Waals surface area contributed by atoms with Gasteiger partial charge >= 0.3 is 0 Å². The number of methoxy groups -OCH3 is 1. The minimum atomic E-state index is -0.101. The Hall–Kier alpha value is -3.32. The van der Waals surface area contributed by atoms with Crippen molar-refractivity contribution in [3.8, 4) is 17.2 Å². The summed E-state index contributed by atoms with van der Waals surface area (Å²) < 4.78 is 11.0. The summed E-state index contributed by atoms with van der Waals surface area (Å²) in [5.74, 6) is 1.53. The van der Waals surface area contributed by atoms with Crippen molar-refractivity contribution >= 4 is 34.1 Å². The lowest BCUT2D eigenvalue weighted by Gasteiger charge is -2.09. The van der Waals surface area contributed by atoms with Crippen LogP contribution in [-0.4, -0.2) is 29.0 Å². The van der Waals surface area contributed by atoms with Crippen molar-refractivity contribution in [3.63, 3.8) is 0 Å². The van der Waals surface area contributed by atoms with Gasteiger partial charge in [-0.3, -0.25) is 4.79 Å². The zero-order valence-electron chi connectivity index (χ0n) is 15.8. The van der Waals surface area contributed by atoms with Gasteiger partial charge in [0.15, 0.2) is 0 Å². The topological polar surface area (TPSA) is 77.2 Å². The minimum absolute atomic E-state index is 0.101. The number of aromatic nitrogens is 2. The zero-order valence-corrected chi connectivity index (χ0v) is 16.6. The monoisotopic (exact) mass is 405 g/mol. The summed E-state index contributed by atoms with van der Waals surface area (Å²) in [7, 11) is 1.57. The number of anilines is 1. The summed E-state index contributed by atoms with van der Waals surface area (Å²) in [5, 5.41) is 13.7. The first-order valence-corrected chi connectivity index (χ1v) is 10.1. The van der Waals surface area contributed by atoms with Crippen LogP contribution in [0.3, 0.4) is 0 Å². The summed E-state index contributed by atoms with van der Waals surface area (Å²) in [4.78, 5) is 12.2. The Labute approximate surface area is 172 Å². The molecule has 0 saturated carbocycles. The molecule has 0 aliphatic carbocycles. The molecule has 7 heteroatoms. The quantitative estimate of drug-likeness (QED) is 0.435. The molecule has 3 aromatic carbocycles. The molecular formula is C22H19N3O3S. The number of ether oxygens (including phenoxy) is 1. The summed E-state index contributed by atoms with van der Waals surface area (Å²) in [6.07, 6.45) is 0.314. The molecule has 146 valence electrons. The van der Waals surface area contributed by atoms with Crippen molar-refractivity contribution < 1.29 is 13.9 Å². The Bertz CT molecular complexity index is 1140. The fourth-order valence-electron chi connectivity index (χ4n) is 2.98. The van der Waals surface area contributed by atoms with E-state index >= 15 is 0 Å². The SMILES string of the molecule is COc1ccccc1NC(=O)CCSc1nnc(-c2cccc3ccccc23)o1. The third-order valence-electron chi connectivity index (χ3n) is 4.36. The van der Waals surface area contributed by atoms with E-state index in [-0.39, 0.29) is 5.91 Å². The number of hydrogen-bond acceptors (Lipinski definition) is 6. The molecule has 0 bridgehead atoms. The molecule has 0 fully saturated rings. The molecule has 0 aliphatic rings. The number of nitrogens with zero attached hydrogens (tertiary/aromatic N) is 2. The Morgan fingerprint density at radius 3 is 2.72 bits per heavy atom. The van der Waals surface area contributed by atoms with Crippen molar-refractivity contribution in [2.75, 3.05) is 18.2 Å². The van der Waals surface area contributed by atoms with Crippen LogP contribution in [0.15, 0.2) is 76.4 Å². The Balaban J connectivity index is 1.37. The van der Waals surface area contributed by atoms with E-state index in [4.69, 9.17) is 9.15 Å². The van der Waals surface area contributed by atoms with Crippen molar-refractivity contribution in [3.05, 3.63) is 66.7 Å². The van der Waals surface area contributed by atoms with Gasteiger partial charge in [0.1, 0.15) is 5.75 Å². The highest BCUT2D eigenvalue weighted by molar-refractivity contribution is 7.99. The van der Waals surface area contributed by atoms with Crippen LogP contribution in [-0.2, 0) is 4.79 Å². The molecule has 0 radical (unpaired) electrons. The van der Waals surface area contributed by atoms with Gasteiger partial charge in [0.05, 0.1) is 12.8 Å². The van der Waals surface area contributed by atoms with Crippen LogP contribution in [0, 0.1) is 0 Å². The predicted molar refractivity (Wildman–Crippen MR) is 114 cm³/mol. The summed E-state index contributed by atoms with van der Waals surface area (Å²) in [5.41, 5.74) is 1.55. The van der Waals surface area contributed by atoms with Crippen LogP contribution in [0.2, 0.25) is 0 Å². The first kappa shape index (κ1) is 19.0. The number of benzene rings is 3. The molecule has 1 aromatic heterocycles. The van der Waals surface area contributed by atoms with E-state index in [1.165, 1.54) is 11.8 Å². The minimum Gasteiger partial charge on any atom is -0.495 e. The highest BCUT2D eigenvalue weighted by Crippen LogP contribution is 2.30. The maximum absolute atomic E-state index is 12.2. The largest absolute Gasteiger partial charge is 0.495 e. The van der Waals surface area contributed by atoms with Crippen molar-refractivity contribution in [1.29, 1.82) is 0 Å². The number of carbonyl (C=O) groups is 1. The molecular weight excluding hydrogens is 386 g/mol. The molecule has 4 aromatic rings. The second kappa shape index (κ2) is 8.79. The van der Waals surface area contributed by atoms with Gasteiger partial charge in [-0.1, -0.05) is 60.3 Å². The van der Waals surface area contributed by atoms with Crippen LogP contribution in [0.25, 0.3) is 22.2 Å². The molecule has 1 heterocycles. The number of amides is 1. The highest BCUT2D eigenvalue weighted by Gasteiger charge is 2.13. The highest BCUT2D eigenvalue weighted by atomic mass is 32.2. The standard InChI is InChI=1S/C22H19N3O3S/c1-27-19-12-5-4-11-18(19)23-20(26)13-14-29-22-25-24-21(28-22)17-10-6-8-15-7-2-3-9-16(15)17/h2-12H,13-14H2,1H3,(H,23,26). The summed E-state index contributed by atoms with van der Waals surface area (Å²) >= 11 is 1.36. The smallest absolute Gasteiger partial charge is 0.276 e. The van der Waals surface area contributed by atoms with Crippen molar-refractivity contribution in [2.24, 2.45) is 0 Å². The van der Waals surface area contributed by atoms with Crippen molar-refractivity contribution in [1.82, 2.24) is 10.2 Å². The Morgan fingerprint density at radius 1 is 1.03 bits per heavy atom. The maximum Gasteiger partial charge on any atom is 0.276 e. The maximum atomic E-state index is 12.2. The van der Waals surface area contributed by atoms with Gasteiger partial charge in [0.2, 0.25) is 11.8 Å². The van der Waals surface area contributed by atoms with Gasteiger partial charge in [0.25, 0.3) is 5.22 Å². The molecule has 1 amide bonds. The lowest BCUT2D eigenvalue weighted by Crippen LogP contribution is -2.12. The molecule has 1 N–H and O–H groups in total. The number of carbonyl (C=O) groups excluding carboxylic acids is 1. The zero-order chi connectivity index (χ0) is 20.1. The third-order valence-corrected chi connectivity index (χ3v) is 5.18. The van der Waals surface area contributed by atoms with Gasteiger partial charge in [-0.05, 0) is 29.0 Å². The average Bonchev–Trinajstić information content (AvgIpc) is 3.22. The number of thioether (sulfide) groups is 1. The van der Waals surface area contributed by atoms with Crippen LogP contribution in [0.1, 0.15) is 6.42 Å². The third kappa shape index (κ3) is 4.41. The van der Waals surface area contributed by atoms with Crippen LogP contribution < -0.4 is 10.1 Å². The normalized spacial score (nSPS) is 10.8. The molecule has 0 spiro atoms. The number of rotatable bonds is 7. The first-order valence-electron chi connectivity index (χ1n) is 9.12. The second-order valence-corrected chi connectivity index (χ2v) is 7.29. The Kier molecular flexibility index (Phi) is 5.76. The molecule has 0 unspecified atom stereocenters. The number of hydrogen-bond donors (Lipinski definition) is 1. The fraction of sp³-hybridized carbons (Fsp3) is 0.136.